The second-order valence-corrected chi connectivity index (χ2v) is 6.62. The van der Waals surface area contributed by atoms with Crippen LogP contribution in [0.1, 0.15) is 31.1 Å². The molecule has 8 heteroatoms. The molecule has 0 aliphatic carbocycles. The maximum atomic E-state index is 14.0. The Kier molecular flexibility index (Phi) is 5.99. The summed E-state index contributed by atoms with van der Waals surface area (Å²) < 4.78 is 37.8. The number of anilines is 2. The molecule has 2 aromatic carbocycles. The Morgan fingerprint density at radius 1 is 0.963 bits per heavy atom. The van der Waals surface area contributed by atoms with Gasteiger partial charge in [-0.1, -0.05) is 0 Å². The van der Waals surface area contributed by atoms with Crippen molar-refractivity contribution >= 4 is 23.4 Å². The van der Waals surface area contributed by atoms with E-state index in [2.05, 4.69) is 10.6 Å². The molecule has 2 rings (SSSR count). The lowest BCUT2D eigenvalue weighted by atomic mass is 10.1. The van der Waals surface area contributed by atoms with Crippen LogP contribution in [-0.2, 0) is 4.74 Å². The largest absolute Gasteiger partial charge is 0.497 e. The molecule has 0 spiro atoms. The Bertz CT molecular complexity index is 863. The molecular formula is C19H20F2N2O4. The van der Waals surface area contributed by atoms with Crippen LogP contribution >= 0.6 is 0 Å². The van der Waals surface area contributed by atoms with Crippen molar-refractivity contribution in [2.75, 3.05) is 17.7 Å². The summed E-state index contributed by atoms with van der Waals surface area (Å²) in [4.78, 5) is 24.0. The third-order valence-corrected chi connectivity index (χ3v) is 3.28. The van der Waals surface area contributed by atoms with Gasteiger partial charge >= 0.3 is 6.09 Å². The smallest absolute Gasteiger partial charge is 0.412 e. The first-order valence-corrected chi connectivity index (χ1v) is 8.03. The number of rotatable bonds is 4. The SMILES string of the molecule is COc1ccc(C(=O)Nc2ccc(F)c(NC(=O)OC(C)(C)C)c2)c(F)c1. The summed E-state index contributed by atoms with van der Waals surface area (Å²) in [6, 6.07) is 7.35. The number of carbonyl (C=O) groups excluding carboxylic acids is 2. The quantitative estimate of drug-likeness (QED) is 0.817. The fourth-order valence-corrected chi connectivity index (χ4v) is 2.12. The third-order valence-electron chi connectivity index (χ3n) is 3.28. The number of methoxy groups -OCH3 is 1. The number of carbonyl (C=O) groups is 2. The molecule has 0 atom stereocenters. The third kappa shape index (κ3) is 5.67. The van der Waals surface area contributed by atoms with Gasteiger partial charge in [-0.2, -0.15) is 0 Å². The van der Waals surface area contributed by atoms with Crippen LogP contribution in [0.2, 0.25) is 0 Å². The van der Waals surface area contributed by atoms with E-state index in [1.54, 1.807) is 20.8 Å². The van der Waals surface area contributed by atoms with Crippen LogP contribution in [0.4, 0.5) is 25.0 Å². The average Bonchev–Trinajstić information content (AvgIpc) is 2.55. The van der Waals surface area contributed by atoms with E-state index >= 15 is 0 Å². The fourth-order valence-electron chi connectivity index (χ4n) is 2.12. The highest BCUT2D eigenvalue weighted by Gasteiger charge is 2.18. The van der Waals surface area contributed by atoms with E-state index in [4.69, 9.17) is 9.47 Å². The van der Waals surface area contributed by atoms with Gasteiger partial charge in [0, 0.05) is 11.8 Å². The lowest BCUT2D eigenvalue weighted by molar-refractivity contribution is 0.0635. The van der Waals surface area contributed by atoms with Crippen molar-refractivity contribution in [2.45, 2.75) is 26.4 Å². The zero-order valence-electron chi connectivity index (χ0n) is 15.4. The summed E-state index contributed by atoms with van der Waals surface area (Å²) in [6.07, 6.45) is -0.842. The first-order chi connectivity index (χ1) is 12.6. The number of benzene rings is 2. The number of hydrogen-bond donors (Lipinski definition) is 2. The van der Waals surface area contributed by atoms with Crippen molar-refractivity contribution < 1.29 is 27.8 Å². The van der Waals surface area contributed by atoms with Crippen LogP contribution in [0.15, 0.2) is 36.4 Å². The summed E-state index contributed by atoms with van der Waals surface area (Å²) in [7, 11) is 1.38. The first-order valence-electron chi connectivity index (χ1n) is 8.03. The molecule has 0 fully saturated rings. The predicted molar refractivity (Wildman–Crippen MR) is 97.2 cm³/mol. The highest BCUT2D eigenvalue weighted by Crippen LogP contribution is 2.22. The van der Waals surface area contributed by atoms with Gasteiger partial charge in [-0.15, -0.1) is 0 Å². The summed E-state index contributed by atoms with van der Waals surface area (Å²) in [5.74, 6) is -1.93. The summed E-state index contributed by atoms with van der Waals surface area (Å²) in [5, 5.41) is 4.72. The molecule has 0 bridgehead atoms. The van der Waals surface area contributed by atoms with E-state index in [1.165, 1.54) is 31.4 Å². The van der Waals surface area contributed by atoms with Gasteiger partial charge < -0.3 is 14.8 Å². The second-order valence-electron chi connectivity index (χ2n) is 6.62. The van der Waals surface area contributed by atoms with E-state index < -0.39 is 29.2 Å². The standard InChI is InChI=1S/C19H20F2N2O4/c1-19(2,3)27-18(25)23-16-9-11(5-8-14(16)20)22-17(24)13-7-6-12(26-4)10-15(13)21/h5-10H,1-4H3,(H,22,24)(H,23,25). The second kappa shape index (κ2) is 8.03. The van der Waals surface area contributed by atoms with Crippen LogP contribution in [0.25, 0.3) is 0 Å². The molecule has 2 aromatic rings. The monoisotopic (exact) mass is 378 g/mol. The molecule has 0 aliphatic heterocycles. The zero-order valence-corrected chi connectivity index (χ0v) is 15.4. The Morgan fingerprint density at radius 2 is 1.67 bits per heavy atom. The Hall–Kier alpha value is -3.16. The highest BCUT2D eigenvalue weighted by molar-refractivity contribution is 6.04. The Morgan fingerprint density at radius 3 is 2.26 bits per heavy atom. The molecule has 0 aliphatic rings. The Balaban J connectivity index is 2.15. The summed E-state index contributed by atoms with van der Waals surface area (Å²) in [5.41, 5.74) is -0.972. The molecule has 27 heavy (non-hydrogen) atoms. The van der Waals surface area contributed by atoms with Crippen LogP contribution in [-0.4, -0.2) is 24.7 Å². The van der Waals surface area contributed by atoms with Gasteiger partial charge in [0.15, 0.2) is 0 Å². The van der Waals surface area contributed by atoms with E-state index in [9.17, 15) is 18.4 Å². The van der Waals surface area contributed by atoms with Gasteiger partial charge in [-0.25, -0.2) is 13.6 Å². The van der Waals surface area contributed by atoms with Crippen LogP contribution in [0.3, 0.4) is 0 Å². The topological polar surface area (TPSA) is 76.7 Å². The number of ether oxygens (including phenoxy) is 2. The molecule has 6 nitrogen and oxygen atoms in total. The fraction of sp³-hybridized carbons (Fsp3) is 0.263. The van der Waals surface area contributed by atoms with Gasteiger partial charge in [0.2, 0.25) is 0 Å². The van der Waals surface area contributed by atoms with Gasteiger partial charge in [-0.05, 0) is 51.1 Å². The van der Waals surface area contributed by atoms with Crippen molar-refractivity contribution in [2.24, 2.45) is 0 Å². The van der Waals surface area contributed by atoms with Crippen molar-refractivity contribution in [1.29, 1.82) is 0 Å². The molecule has 0 radical (unpaired) electrons. The lowest BCUT2D eigenvalue weighted by Crippen LogP contribution is -2.27. The van der Waals surface area contributed by atoms with E-state index in [0.29, 0.717) is 0 Å². The molecule has 0 saturated carbocycles. The minimum absolute atomic E-state index is 0.169. The van der Waals surface area contributed by atoms with Crippen LogP contribution in [0, 0.1) is 11.6 Å². The number of amides is 2. The average molecular weight is 378 g/mol. The summed E-state index contributed by atoms with van der Waals surface area (Å²) in [6.45, 7) is 5.01. The van der Waals surface area contributed by atoms with Gasteiger partial charge in [0.1, 0.15) is 23.0 Å². The molecular weight excluding hydrogens is 358 g/mol. The van der Waals surface area contributed by atoms with E-state index in [1.807, 2.05) is 0 Å². The predicted octanol–water partition coefficient (Wildman–Crippen LogP) is 4.57. The minimum Gasteiger partial charge on any atom is -0.497 e. The van der Waals surface area contributed by atoms with Crippen LogP contribution < -0.4 is 15.4 Å². The molecule has 0 unspecified atom stereocenters. The highest BCUT2D eigenvalue weighted by atomic mass is 19.1. The van der Waals surface area contributed by atoms with Gasteiger partial charge in [-0.3, -0.25) is 10.1 Å². The number of halogens is 2. The van der Waals surface area contributed by atoms with E-state index in [0.717, 1.165) is 12.1 Å². The maximum absolute atomic E-state index is 14.0. The minimum atomic E-state index is -0.842. The Labute approximate surface area is 155 Å². The molecule has 2 amide bonds. The molecule has 0 aromatic heterocycles. The lowest BCUT2D eigenvalue weighted by Gasteiger charge is -2.20. The van der Waals surface area contributed by atoms with Crippen LogP contribution in [0.5, 0.6) is 5.75 Å². The molecule has 144 valence electrons. The van der Waals surface area contributed by atoms with Crippen molar-refractivity contribution in [3.05, 3.63) is 53.6 Å². The van der Waals surface area contributed by atoms with Crippen molar-refractivity contribution in [3.8, 4) is 5.75 Å². The molecule has 0 heterocycles. The number of hydrogen-bond acceptors (Lipinski definition) is 4. The van der Waals surface area contributed by atoms with E-state index in [-0.39, 0.29) is 22.7 Å². The van der Waals surface area contributed by atoms with Crippen molar-refractivity contribution in [1.82, 2.24) is 0 Å². The van der Waals surface area contributed by atoms with Crippen molar-refractivity contribution in [3.63, 3.8) is 0 Å². The number of nitrogens with one attached hydrogen (secondary N) is 2. The molecule has 0 saturated heterocycles. The van der Waals surface area contributed by atoms with Gasteiger partial charge in [0.25, 0.3) is 5.91 Å². The zero-order chi connectivity index (χ0) is 20.2. The summed E-state index contributed by atoms with van der Waals surface area (Å²) >= 11 is 0. The van der Waals surface area contributed by atoms with Gasteiger partial charge in [0.05, 0.1) is 18.4 Å². The molecule has 2 N–H and O–H groups in total. The normalized spacial score (nSPS) is 10.9. The maximum Gasteiger partial charge on any atom is 0.412 e. The first kappa shape index (κ1) is 20.2.